The number of nitrogens with zero attached hydrogens (tertiary/aromatic N) is 2. The van der Waals surface area contributed by atoms with Crippen LogP contribution >= 0.6 is 23.4 Å². The minimum Gasteiger partial charge on any atom is -0.276 e. The van der Waals surface area contributed by atoms with E-state index in [2.05, 4.69) is 0 Å². The van der Waals surface area contributed by atoms with Crippen LogP contribution in [0.3, 0.4) is 0 Å². The number of amides is 1. The molecule has 1 aliphatic rings. The number of hydrogen-bond donors (Lipinski definition) is 0. The van der Waals surface area contributed by atoms with Gasteiger partial charge in [-0.15, -0.1) is 0 Å². The molecule has 0 bridgehead atoms. The van der Waals surface area contributed by atoms with E-state index in [9.17, 15) is 14.9 Å². The molecule has 1 amide bonds. The molecule has 36 heavy (non-hydrogen) atoms. The third-order valence-corrected chi connectivity index (χ3v) is 6.89. The molecule has 4 aromatic carbocycles. The Morgan fingerprint density at radius 3 is 2.03 bits per heavy atom. The predicted molar refractivity (Wildman–Crippen MR) is 145 cm³/mol. The van der Waals surface area contributed by atoms with Crippen molar-refractivity contribution in [3.63, 3.8) is 0 Å². The molecule has 0 aromatic heterocycles. The van der Waals surface area contributed by atoms with Gasteiger partial charge in [-0.1, -0.05) is 65.8 Å². The first kappa shape index (κ1) is 23.6. The number of anilines is 1. The van der Waals surface area contributed by atoms with Gasteiger partial charge in [0.25, 0.3) is 11.6 Å². The summed E-state index contributed by atoms with van der Waals surface area (Å²) in [6.45, 7) is 0. The van der Waals surface area contributed by atoms with E-state index >= 15 is 0 Å². The molecule has 5 nitrogen and oxygen atoms in total. The smallest absolute Gasteiger partial charge is 0.269 e. The van der Waals surface area contributed by atoms with Gasteiger partial charge in [-0.2, -0.15) is 0 Å². The van der Waals surface area contributed by atoms with Gasteiger partial charge >= 0.3 is 0 Å². The molecule has 0 spiro atoms. The number of rotatable bonds is 6. The molecule has 0 fully saturated rings. The average Bonchev–Trinajstić information content (AvgIpc) is 3.21. The Bertz CT molecular complexity index is 1480. The monoisotopic (exact) mass is 510 g/mol. The number of nitro groups is 1. The van der Waals surface area contributed by atoms with E-state index in [1.54, 1.807) is 17.0 Å². The Hall–Kier alpha value is -4.13. The van der Waals surface area contributed by atoms with Crippen LogP contribution in [0.4, 0.5) is 11.4 Å². The highest BCUT2D eigenvalue weighted by atomic mass is 35.5. The van der Waals surface area contributed by atoms with E-state index in [1.807, 2.05) is 91.0 Å². The molecule has 0 saturated carbocycles. The van der Waals surface area contributed by atoms with Crippen LogP contribution in [-0.2, 0) is 4.79 Å². The zero-order valence-corrected chi connectivity index (χ0v) is 20.4. The van der Waals surface area contributed by atoms with Crippen LogP contribution in [-0.4, -0.2) is 10.8 Å². The van der Waals surface area contributed by atoms with Crippen LogP contribution in [0.1, 0.15) is 11.1 Å². The number of non-ortho nitro benzene ring substituents is 1. The lowest BCUT2D eigenvalue weighted by Crippen LogP contribution is -2.24. The Labute approximate surface area is 217 Å². The average molecular weight is 511 g/mol. The number of carbonyl (C=O) groups is 1. The zero-order chi connectivity index (χ0) is 25.1. The third kappa shape index (κ3) is 5.10. The molecule has 0 aliphatic carbocycles. The molecule has 176 valence electrons. The fourth-order valence-corrected chi connectivity index (χ4v) is 4.81. The summed E-state index contributed by atoms with van der Waals surface area (Å²) in [6.07, 6.45) is 3.79. The van der Waals surface area contributed by atoms with Crippen molar-refractivity contribution in [3.05, 3.63) is 141 Å². The summed E-state index contributed by atoms with van der Waals surface area (Å²) in [4.78, 5) is 27.6. The number of halogens is 1. The fraction of sp³-hybridized carbons (Fsp3) is 0. The van der Waals surface area contributed by atoms with E-state index in [4.69, 9.17) is 11.6 Å². The van der Waals surface area contributed by atoms with Gasteiger partial charge in [-0.25, -0.2) is 0 Å². The van der Waals surface area contributed by atoms with Gasteiger partial charge in [0.2, 0.25) is 0 Å². The SMILES string of the molecule is O=C1/C(=C/c2ccccc2)C=C(c2ccc(Cl)cc2)N1c1ccc(Sc2ccc([N+](=O)[O-])cc2)cc1. The summed E-state index contributed by atoms with van der Waals surface area (Å²) in [7, 11) is 0. The maximum Gasteiger partial charge on any atom is 0.269 e. The second-order valence-corrected chi connectivity index (χ2v) is 9.62. The summed E-state index contributed by atoms with van der Waals surface area (Å²) in [6, 6.07) is 31.3. The van der Waals surface area contributed by atoms with Crippen molar-refractivity contribution in [1.29, 1.82) is 0 Å². The van der Waals surface area contributed by atoms with E-state index < -0.39 is 4.92 Å². The standard InChI is InChI=1S/C29H19ClN2O3S/c30-23-8-6-21(7-9-23)28-19-22(18-20-4-2-1-3-5-20)29(33)31(28)24-10-14-26(15-11-24)36-27-16-12-25(13-17-27)32(34)35/h1-19H/b22-18+. The number of hydrogen-bond acceptors (Lipinski definition) is 4. The molecule has 0 radical (unpaired) electrons. The Morgan fingerprint density at radius 2 is 1.42 bits per heavy atom. The quantitative estimate of drug-likeness (QED) is 0.150. The van der Waals surface area contributed by atoms with Gasteiger partial charge in [0.15, 0.2) is 0 Å². The first-order valence-electron chi connectivity index (χ1n) is 11.1. The molecule has 0 N–H and O–H groups in total. The molecule has 7 heteroatoms. The second-order valence-electron chi connectivity index (χ2n) is 8.03. The molecule has 5 rings (SSSR count). The normalized spacial score (nSPS) is 14.2. The van der Waals surface area contributed by atoms with Crippen LogP contribution in [0.25, 0.3) is 11.8 Å². The van der Waals surface area contributed by atoms with Crippen molar-refractivity contribution >= 4 is 52.4 Å². The summed E-state index contributed by atoms with van der Waals surface area (Å²) >= 11 is 7.59. The summed E-state index contributed by atoms with van der Waals surface area (Å²) in [5.74, 6) is -0.112. The third-order valence-electron chi connectivity index (χ3n) is 5.62. The number of carbonyl (C=O) groups excluding carboxylic acids is 1. The van der Waals surface area contributed by atoms with Crippen molar-refractivity contribution < 1.29 is 9.72 Å². The van der Waals surface area contributed by atoms with E-state index in [1.165, 1.54) is 23.9 Å². The highest BCUT2D eigenvalue weighted by Gasteiger charge is 2.30. The van der Waals surface area contributed by atoms with Gasteiger partial charge < -0.3 is 0 Å². The molecular formula is C29H19ClN2O3S. The van der Waals surface area contributed by atoms with Crippen molar-refractivity contribution in [3.8, 4) is 0 Å². The fourth-order valence-electron chi connectivity index (χ4n) is 3.87. The van der Waals surface area contributed by atoms with Crippen molar-refractivity contribution in [2.45, 2.75) is 9.79 Å². The minimum atomic E-state index is -0.414. The predicted octanol–water partition coefficient (Wildman–Crippen LogP) is 7.87. The molecule has 0 atom stereocenters. The Morgan fingerprint density at radius 1 is 0.806 bits per heavy atom. The lowest BCUT2D eigenvalue weighted by Gasteiger charge is -2.21. The molecule has 0 saturated heterocycles. The Kier molecular flexibility index (Phi) is 6.71. The molecule has 1 aliphatic heterocycles. The van der Waals surface area contributed by atoms with Crippen LogP contribution in [0.15, 0.2) is 125 Å². The topological polar surface area (TPSA) is 63.5 Å². The van der Waals surface area contributed by atoms with Crippen molar-refractivity contribution in [2.24, 2.45) is 0 Å². The van der Waals surface area contributed by atoms with Crippen LogP contribution < -0.4 is 4.90 Å². The van der Waals surface area contributed by atoms with Crippen molar-refractivity contribution in [1.82, 2.24) is 0 Å². The van der Waals surface area contributed by atoms with E-state index in [-0.39, 0.29) is 11.6 Å². The van der Waals surface area contributed by atoms with Crippen LogP contribution in [0, 0.1) is 10.1 Å². The highest BCUT2D eigenvalue weighted by molar-refractivity contribution is 7.99. The molecule has 4 aromatic rings. The van der Waals surface area contributed by atoms with Gasteiger partial charge in [-0.3, -0.25) is 19.8 Å². The first-order valence-corrected chi connectivity index (χ1v) is 12.3. The molecule has 0 unspecified atom stereocenters. The number of benzene rings is 4. The van der Waals surface area contributed by atoms with Crippen LogP contribution in [0.5, 0.6) is 0 Å². The molecular weight excluding hydrogens is 492 g/mol. The second kappa shape index (κ2) is 10.2. The summed E-state index contributed by atoms with van der Waals surface area (Å²) in [5, 5.41) is 11.5. The van der Waals surface area contributed by atoms with Gasteiger partial charge in [0, 0.05) is 38.2 Å². The van der Waals surface area contributed by atoms with Gasteiger partial charge in [0.1, 0.15) is 0 Å². The highest BCUT2D eigenvalue weighted by Crippen LogP contribution is 2.37. The lowest BCUT2D eigenvalue weighted by atomic mass is 10.1. The molecule has 1 heterocycles. The van der Waals surface area contributed by atoms with Gasteiger partial charge in [0.05, 0.1) is 10.6 Å². The Balaban J connectivity index is 1.45. The maximum absolute atomic E-state index is 13.5. The van der Waals surface area contributed by atoms with Gasteiger partial charge in [-0.05, 0) is 71.8 Å². The largest absolute Gasteiger partial charge is 0.276 e. The first-order chi connectivity index (χ1) is 17.5. The van der Waals surface area contributed by atoms with Crippen LogP contribution in [0.2, 0.25) is 5.02 Å². The van der Waals surface area contributed by atoms with E-state index in [0.29, 0.717) is 10.6 Å². The number of nitro benzene ring substituents is 1. The maximum atomic E-state index is 13.5. The lowest BCUT2D eigenvalue weighted by molar-refractivity contribution is -0.384. The summed E-state index contributed by atoms with van der Waals surface area (Å²) < 4.78 is 0. The minimum absolute atomic E-state index is 0.0584. The van der Waals surface area contributed by atoms with Crippen molar-refractivity contribution in [2.75, 3.05) is 4.90 Å². The summed E-state index contributed by atoms with van der Waals surface area (Å²) in [5.41, 5.74) is 4.00. The van der Waals surface area contributed by atoms with E-state index in [0.717, 1.165) is 32.3 Å². The zero-order valence-electron chi connectivity index (χ0n) is 18.9.